The van der Waals surface area contributed by atoms with E-state index in [4.69, 9.17) is 20.8 Å². The molecule has 1 aromatic heterocycles. The molecular formula is C16H19ClN2O5. The summed E-state index contributed by atoms with van der Waals surface area (Å²) in [5.41, 5.74) is -0.659. The Hall–Kier alpha value is -1.57. The van der Waals surface area contributed by atoms with Gasteiger partial charge < -0.3 is 24.1 Å². The average Bonchev–Trinajstić information content (AvgIpc) is 3.36. The molecule has 3 saturated heterocycles. The van der Waals surface area contributed by atoms with Crippen LogP contribution in [0.1, 0.15) is 29.6 Å². The van der Waals surface area contributed by atoms with Gasteiger partial charge in [0.25, 0.3) is 11.8 Å². The van der Waals surface area contributed by atoms with E-state index < -0.39 is 5.60 Å². The number of aliphatic hydroxyl groups is 1. The van der Waals surface area contributed by atoms with E-state index in [0.717, 1.165) is 12.8 Å². The molecule has 3 fully saturated rings. The summed E-state index contributed by atoms with van der Waals surface area (Å²) < 4.78 is 10.6. The minimum atomic E-state index is -1.09. The number of rotatable bonds is 3. The van der Waals surface area contributed by atoms with Gasteiger partial charge in [0.1, 0.15) is 6.26 Å². The standard InChI is InChI=1S/C16H19ClN2O5/c17-13-4-10(8-23-13)14(21)18-6-12-5-11(18)7-19(12)15(22)16(9-20)2-1-3-24-16/h4,8,11-12,20H,1-3,5-7,9H2/t11-,12-,16?/m0/s1. The summed E-state index contributed by atoms with van der Waals surface area (Å²) >= 11 is 5.73. The van der Waals surface area contributed by atoms with Crippen molar-refractivity contribution in [3.05, 3.63) is 23.1 Å². The quantitative estimate of drug-likeness (QED) is 0.872. The number of hydrogen-bond donors (Lipinski definition) is 1. The molecule has 2 amide bonds. The van der Waals surface area contributed by atoms with Crippen LogP contribution >= 0.6 is 11.6 Å². The lowest BCUT2D eigenvalue weighted by Crippen LogP contribution is -2.57. The second kappa shape index (κ2) is 5.75. The highest BCUT2D eigenvalue weighted by Crippen LogP contribution is 2.36. The maximum Gasteiger partial charge on any atom is 0.257 e. The van der Waals surface area contributed by atoms with Gasteiger partial charge in [-0.1, -0.05) is 0 Å². The highest BCUT2D eigenvalue weighted by molar-refractivity contribution is 6.29. The predicted octanol–water partition coefficient (Wildman–Crippen LogP) is 0.900. The Morgan fingerprint density at radius 2 is 2.08 bits per heavy atom. The van der Waals surface area contributed by atoms with E-state index in [0.29, 0.717) is 31.7 Å². The third-order valence-corrected chi connectivity index (χ3v) is 5.52. The first-order valence-electron chi connectivity index (χ1n) is 8.15. The molecule has 1 aromatic rings. The Morgan fingerprint density at radius 3 is 2.62 bits per heavy atom. The summed E-state index contributed by atoms with van der Waals surface area (Å²) in [6.07, 6.45) is 3.43. The molecule has 130 valence electrons. The van der Waals surface area contributed by atoms with E-state index >= 15 is 0 Å². The lowest BCUT2D eigenvalue weighted by molar-refractivity contribution is -0.159. The summed E-state index contributed by atoms with van der Waals surface area (Å²) in [5.74, 6) is -0.271. The van der Waals surface area contributed by atoms with Gasteiger partial charge in [0.15, 0.2) is 10.8 Å². The van der Waals surface area contributed by atoms with Crippen LogP contribution in [-0.2, 0) is 9.53 Å². The fourth-order valence-corrected chi connectivity index (χ4v) is 4.23. The highest BCUT2D eigenvalue weighted by atomic mass is 35.5. The van der Waals surface area contributed by atoms with Gasteiger partial charge in [-0.3, -0.25) is 9.59 Å². The van der Waals surface area contributed by atoms with E-state index in [1.54, 1.807) is 9.80 Å². The van der Waals surface area contributed by atoms with Gasteiger partial charge in [-0.25, -0.2) is 0 Å². The Bertz CT molecular complexity index is 669. The molecular weight excluding hydrogens is 336 g/mol. The van der Waals surface area contributed by atoms with Crippen LogP contribution in [0.5, 0.6) is 0 Å². The first-order chi connectivity index (χ1) is 11.5. The molecule has 0 saturated carbocycles. The van der Waals surface area contributed by atoms with Crippen molar-refractivity contribution in [2.24, 2.45) is 0 Å². The molecule has 24 heavy (non-hydrogen) atoms. The lowest BCUT2D eigenvalue weighted by Gasteiger charge is -2.38. The number of piperazine rings is 1. The topological polar surface area (TPSA) is 83.2 Å². The normalized spacial score (nSPS) is 31.9. The van der Waals surface area contributed by atoms with Crippen molar-refractivity contribution < 1.29 is 23.8 Å². The van der Waals surface area contributed by atoms with Crippen LogP contribution in [0.3, 0.4) is 0 Å². The zero-order chi connectivity index (χ0) is 16.9. The molecule has 2 bridgehead atoms. The maximum atomic E-state index is 12.8. The second-order valence-corrected chi connectivity index (χ2v) is 7.07. The van der Waals surface area contributed by atoms with Crippen LogP contribution in [0.2, 0.25) is 5.22 Å². The molecule has 4 rings (SSSR count). The Kier molecular flexibility index (Phi) is 3.82. The largest absolute Gasteiger partial charge is 0.452 e. The minimum Gasteiger partial charge on any atom is -0.452 e. The van der Waals surface area contributed by atoms with Gasteiger partial charge in [-0.05, 0) is 30.9 Å². The van der Waals surface area contributed by atoms with E-state index in [2.05, 4.69) is 0 Å². The van der Waals surface area contributed by atoms with Crippen molar-refractivity contribution in [1.29, 1.82) is 0 Å². The number of nitrogens with zero attached hydrogens (tertiary/aromatic N) is 2. The van der Waals surface area contributed by atoms with Gasteiger partial charge in [0.05, 0.1) is 24.3 Å². The number of aliphatic hydroxyl groups excluding tert-OH is 1. The van der Waals surface area contributed by atoms with Crippen LogP contribution in [0, 0.1) is 0 Å². The summed E-state index contributed by atoms with van der Waals surface area (Å²) in [6, 6.07) is 1.46. The summed E-state index contributed by atoms with van der Waals surface area (Å²) in [4.78, 5) is 28.9. The van der Waals surface area contributed by atoms with Crippen LogP contribution in [0.25, 0.3) is 0 Å². The number of ether oxygens (including phenoxy) is 1. The van der Waals surface area contributed by atoms with Crippen molar-refractivity contribution in [3.63, 3.8) is 0 Å². The molecule has 3 atom stereocenters. The van der Waals surface area contributed by atoms with E-state index in [1.807, 2.05) is 0 Å². The fourth-order valence-electron chi connectivity index (χ4n) is 4.07. The zero-order valence-electron chi connectivity index (χ0n) is 13.1. The number of halogens is 1. The van der Waals surface area contributed by atoms with Crippen LogP contribution in [-0.4, -0.2) is 70.7 Å². The van der Waals surface area contributed by atoms with Gasteiger partial charge in [-0.15, -0.1) is 0 Å². The van der Waals surface area contributed by atoms with Crippen LogP contribution in [0.15, 0.2) is 16.7 Å². The number of amides is 2. The predicted molar refractivity (Wildman–Crippen MR) is 83.7 cm³/mol. The number of likely N-dealkylation sites (tertiary alicyclic amines) is 2. The molecule has 7 nitrogen and oxygen atoms in total. The number of hydrogen-bond acceptors (Lipinski definition) is 5. The number of furan rings is 1. The highest BCUT2D eigenvalue weighted by Gasteiger charge is 2.53. The van der Waals surface area contributed by atoms with Crippen molar-refractivity contribution in [3.8, 4) is 0 Å². The smallest absolute Gasteiger partial charge is 0.257 e. The van der Waals surface area contributed by atoms with E-state index in [1.165, 1.54) is 12.3 Å². The number of carbonyl (C=O) groups excluding carboxylic acids is 2. The van der Waals surface area contributed by atoms with Crippen molar-refractivity contribution >= 4 is 23.4 Å². The van der Waals surface area contributed by atoms with Crippen molar-refractivity contribution in [2.45, 2.75) is 36.9 Å². The maximum absolute atomic E-state index is 12.8. The van der Waals surface area contributed by atoms with Gasteiger partial charge in [0.2, 0.25) is 0 Å². The Balaban J connectivity index is 1.46. The minimum absolute atomic E-state index is 0.0164. The summed E-state index contributed by atoms with van der Waals surface area (Å²) in [6.45, 7) is 1.17. The Morgan fingerprint density at radius 1 is 1.33 bits per heavy atom. The monoisotopic (exact) mass is 354 g/mol. The molecule has 1 N–H and O–H groups in total. The van der Waals surface area contributed by atoms with Crippen LogP contribution in [0.4, 0.5) is 0 Å². The SMILES string of the molecule is O=C(c1coc(Cl)c1)N1C[C@@H]2C[C@H]1CN2C(=O)C1(CO)CCCO1. The molecule has 1 unspecified atom stereocenters. The second-order valence-electron chi connectivity index (χ2n) is 6.70. The number of carbonyl (C=O) groups is 2. The molecule has 0 radical (unpaired) electrons. The summed E-state index contributed by atoms with van der Waals surface area (Å²) in [5, 5.41) is 9.83. The van der Waals surface area contributed by atoms with Gasteiger partial charge in [-0.2, -0.15) is 0 Å². The number of fused-ring (bicyclic) bond motifs is 2. The molecule has 0 aliphatic carbocycles. The Labute approximate surface area is 144 Å². The zero-order valence-corrected chi connectivity index (χ0v) is 13.9. The third-order valence-electron chi connectivity index (χ3n) is 5.33. The lowest BCUT2D eigenvalue weighted by atomic mass is 9.98. The van der Waals surface area contributed by atoms with E-state index in [-0.39, 0.29) is 35.7 Å². The third kappa shape index (κ3) is 2.34. The average molecular weight is 355 g/mol. The molecule has 0 aromatic carbocycles. The fraction of sp³-hybridized carbons (Fsp3) is 0.625. The molecule has 8 heteroatoms. The molecule has 3 aliphatic heterocycles. The van der Waals surface area contributed by atoms with E-state index in [9.17, 15) is 14.7 Å². The molecule has 0 spiro atoms. The van der Waals surface area contributed by atoms with Crippen molar-refractivity contribution in [1.82, 2.24) is 9.80 Å². The van der Waals surface area contributed by atoms with Gasteiger partial charge in [0, 0.05) is 25.8 Å². The first kappa shape index (κ1) is 15.9. The first-order valence-corrected chi connectivity index (χ1v) is 8.53. The van der Waals surface area contributed by atoms with Crippen molar-refractivity contribution in [2.75, 3.05) is 26.3 Å². The molecule has 4 heterocycles. The van der Waals surface area contributed by atoms with Crippen LogP contribution < -0.4 is 0 Å². The van der Waals surface area contributed by atoms with Gasteiger partial charge >= 0.3 is 0 Å². The molecule has 3 aliphatic rings. The summed E-state index contributed by atoms with van der Waals surface area (Å²) in [7, 11) is 0.